The molecule has 2 amide bonds. The number of hydrogen-bond donors (Lipinski definition) is 2. The molecule has 0 aromatic heterocycles. The molecule has 0 spiro atoms. The molecule has 0 saturated carbocycles. The van der Waals surface area contributed by atoms with E-state index in [-0.39, 0.29) is 18.2 Å². The second-order valence-electron chi connectivity index (χ2n) is 8.08. The Morgan fingerprint density at radius 1 is 0.923 bits per heavy atom. The number of hydrogen-bond acceptors (Lipinski definition) is 2. The second-order valence-corrected chi connectivity index (χ2v) is 8.08. The summed E-state index contributed by atoms with van der Waals surface area (Å²) in [5, 5.41) is 4.91. The fourth-order valence-electron chi connectivity index (χ4n) is 3.60. The first-order valence-electron chi connectivity index (χ1n) is 11.1. The molecule has 1 unspecified atom stereocenters. The SMILES string of the molecule is C=CC(=O)Nc1cccc(C#CCNC(=O)C(c2ccc(F)cc2)c2ccc(C(F)(F)F)cc2C(F)(F)F)c1. The lowest BCUT2D eigenvalue weighted by molar-refractivity contribution is -0.143. The highest BCUT2D eigenvalue weighted by Gasteiger charge is 2.41. The fourth-order valence-corrected chi connectivity index (χ4v) is 3.60. The molecule has 3 aromatic rings. The molecule has 11 heteroatoms. The van der Waals surface area contributed by atoms with Gasteiger partial charge in [0.15, 0.2) is 0 Å². The van der Waals surface area contributed by atoms with Gasteiger partial charge in [0, 0.05) is 11.3 Å². The van der Waals surface area contributed by atoms with Gasteiger partial charge in [-0.2, -0.15) is 26.3 Å². The Labute approximate surface area is 218 Å². The normalized spacial score (nSPS) is 12.1. The lowest BCUT2D eigenvalue weighted by atomic mass is 9.86. The highest BCUT2D eigenvalue weighted by molar-refractivity contribution is 5.98. The maximum Gasteiger partial charge on any atom is 0.416 e. The van der Waals surface area contributed by atoms with Crippen LogP contribution >= 0.6 is 0 Å². The number of anilines is 1. The third kappa shape index (κ3) is 7.70. The summed E-state index contributed by atoms with van der Waals surface area (Å²) < 4.78 is 94.4. The number of carbonyl (C=O) groups is 2. The fraction of sp³-hybridized carbons (Fsp3) is 0.143. The number of alkyl halides is 6. The third-order valence-corrected chi connectivity index (χ3v) is 5.36. The number of rotatable bonds is 6. The van der Waals surface area contributed by atoms with E-state index in [0.717, 1.165) is 30.3 Å². The highest BCUT2D eigenvalue weighted by atomic mass is 19.4. The van der Waals surface area contributed by atoms with Crippen LogP contribution in [0.4, 0.5) is 36.4 Å². The zero-order chi connectivity index (χ0) is 28.8. The summed E-state index contributed by atoms with van der Waals surface area (Å²) in [4.78, 5) is 24.5. The van der Waals surface area contributed by atoms with Crippen LogP contribution in [0.2, 0.25) is 0 Å². The summed E-state index contributed by atoms with van der Waals surface area (Å²) in [6, 6.07) is 11.3. The van der Waals surface area contributed by atoms with Crippen LogP contribution in [0.15, 0.2) is 79.4 Å². The summed E-state index contributed by atoms with van der Waals surface area (Å²) >= 11 is 0. The Hall–Kier alpha value is -4.59. The van der Waals surface area contributed by atoms with E-state index < -0.39 is 52.6 Å². The molecule has 0 aliphatic rings. The van der Waals surface area contributed by atoms with Gasteiger partial charge in [-0.1, -0.05) is 42.7 Å². The zero-order valence-corrected chi connectivity index (χ0v) is 19.9. The zero-order valence-electron chi connectivity index (χ0n) is 19.9. The van der Waals surface area contributed by atoms with Gasteiger partial charge in [-0.25, -0.2) is 4.39 Å². The van der Waals surface area contributed by atoms with Crippen molar-refractivity contribution in [1.29, 1.82) is 0 Å². The van der Waals surface area contributed by atoms with Crippen molar-refractivity contribution in [3.63, 3.8) is 0 Å². The second kappa shape index (κ2) is 11.9. The first kappa shape index (κ1) is 29.0. The van der Waals surface area contributed by atoms with Crippen LogP contribution < -0.4 is 10.6 Å². The molecular weight excluding hydrogens is 529 g/mol. The van der Waals surface area contributed by atoms with E-state index in [1.807, 2.05) is 0 Å². The van der Waals surface area contributed by atoms with Gasteiger partial charge in [0.2, 0.25) is 11.8 Å². The molecule has 0 radical (unpaired) electrons. The molecule has 0 fully saturated rings. The Morgan fingerprint density at radius 2 is 1.62 bits per heavy atom. The summed E-state index contributed by atoms with van der Waals surface area (Å²) in [5.41, 5.74) is -3.12. The van der Waals surface area contributed by atoms with Crippen LogP contribution in [0.1, 0.15) is 33.7 Å². The van der Waals surface area contributed by atoms with Crippen molar-refractivity contribution in [2.75, 3.05) is 11.9 Å². The van der Waals surface area contributed by atoms with Crippen molar-refractivity contribution in [2.45, 2.75) is 18.3 Å². The molecule has 0 saturated heterocycles. The molecule has 2 N–H and O–H groups in total. The molecule has 0 aliphatic heterocycles. The van der Waals surface area contributed by atoms with E-state index in [4.69, 9.17) is 0 Å². The summed E-state index contributed by atoms with van der Waals surface area (Å²) in [6.07, 6.45) is -9.19. The smallest absolute Gasteiger partial charge is 0.344 e. The highest BCUT2D eigenvalue weighted by Crippen LogP contribution is 2.41. The third-order valence-electron chi connectivity index (χ3n) is 5.36. The maximum absolute atomic E-state index is 13.8. The predicted molar refractivity (Wildman–Crippen MR) is 130 cm³/mol. The average molecular weight is 548 g/mol. The minimum Gasteiger partial charge on any atom is -0.344 e. The van der Waals surface area contributed by atoms with Crippen molar-refractivity contribution in [2.24, 2.45) is 0 Å². The van der Waals surface area contributed by atoms with Gasteiger partial charge < -0.3 is 10.6 Å². The van der Waals surface area contributed by atoms with E-state index in [2.05, 4.69) is 29.1 Å². The standard InChI is InChI=1S/C28H19F7N2O2/c1-2-24(38)37-21-7-3-5-17(15-21)6-4-14-36-26(39)25(18-8-11-20(29)12-9-18)22-13-10-19(27(30,31)32)16-23(22)28(33,34)35/h2-3,5,7-13,15-16,25H,1,14H2,(H,36,39)(H,37,38). The molecular formula is C28H19F7N2O2. The Kier molecular flexibility index (Phi) is 8.81. The van der Waals surface area contributed by atoms with Crippen LogP contribution in [-0.4, -0.2) is 18.4 Å². The molecule has 4 nitrogen and oxygen atoms in total. The summed E-state index contributed by atoms with van der Waals surface area (Å²) in [6.45, 7) is 3.01. The van der Waals surface area contributed by atoms with Crippen molar-refractivity contribution >= 4 is 17.5 Å². The quantitative estimate of drug-likeness (QED) is 0.216. The largest absolute Gasteiger partial charge is 0.416 e. The summed E-state index contributed by atoms with van der Waals surface area (Å²) in [5.74, 6) is 1.46. The van der Waals surface area contributed by atoms with E-state index in [1.165, 1.54) is 6.07 Å². The molecule has 202 valence electrons. The monoisotopic (exact) mass is 548 g/mol. The molecule has 0 aliphatic carbocycles. The number of carbonyl (C=O) groups excluding carboxylic acids is 2. The molecule has 0 bridgehead atoms. The van der Waals surface area contributed by atoms with Gasteiger partial charge in [0.25, 0.3) is 0 Å². The Balaban J connectivity index is 1.92. The summed E-state index contributed by atoms with van der Waals surface area (Å²) in [7, 11) is 0. The predicted octanol–water partition coefficient (Wildman–Crippen LogP) is 6.29. The van der Waals surface area contributed by atoms with Crippen molar-refractivity contribution in [3.8, 4) is 11.8 Å². The number of nitrogens with one attached hydrogen (secondary N) is 2. The van der Waals surface area contributed by atoms with Gasteiger partial charge in [-0.05, 0) is 59.7 Å². The minimum absolute atomic E-state index is 0.0585. The van der Waals surface area contributed by atoms with Crippen molar-refractivity contribution < 1.29 is 40.3 Å². The maximum atomic E-state index is 13.8. The first-order valence-corrected chi connectivity index (χ1v) is 11.1. The molecule has 39 heavy (non-hydrogen) atoms. The molecule has 0 heterocycles. The van der Waals surface area contributed by atoms with Gasteiger partial charge in [0.05, 0.1) is 23.6 Å². The van der Waals surface area contributed by atoms with Crippen LogP contribution in [0.25, 0.3) is 0 Å². The van der Waals surface area contributed by atoms with E-state index in [1.54, 1.807) is 18.2 Å². The van der Waals surface area contributed by atoms with Crippen LogP contribution in [0, 0.1) is 17.7 Å². The first-order chi connectivity index (χ1) is 18.3. The Morgan fingerprint density at radius 3 is 2.23 bits per heavy atom. The van der Waals surface area contributed by atoms with Gasteiger partial charge in [-0.15, -0.1) is 0 Å². The molecule has 3 aromatic carbocycles. The van der Waals surface area contributed by atoms with Gasteiger partial charge in [-0.3, -0.25) is 9.59 Å². The van der Waals surface area contributed by atoms with Gasteiger partial charge >= 0.3 is 12.4 Å². The number of halogens is 7. The Bertz CT molecular complexity index is 1430. The number of amides is 2. The van der Waals surface area contributed by atoms with E-state index in [0.29, 0.717) is 23.4 Å². The number of benzene rings is 3. The average Bonchev–Trinajstić information content (AvgIpc) is 2.87. The van der Waals surface area contributed by atoms with Crippen LogP contribution in [0.3, 0.4) is 0 Å². The lowest BCUT2D eigenvalue weighted by Gasteiger charge is -2.22. The molecule has 3 rings (SSSR count). The van der Waals surface area contributed by atoms with Crippen LogP contribution in [-0.2, 0) is 21.9 Å². The van der Waals surface area contributed by atoms with Crippen LogP contribution in [0.5, 0.6) is 0 Å². The van der Waals surface area contributed by atoms with Crippen molar-refractivity contribution in [1.82, 2.24) is 5.32 Å². The topological polar surface area (TPSA) is 58.2 Å². The molecule has 1 atom stereocenters. The minimum atomic E-state index is -5.22. The van der Waals surface area contributed by atoms with E-state index >= 15 is 0 Å². The van der Waals surface area contributed by atoms with Gasteiger partial charge in [0.1, 0.15) is 5.82 Å². The van der Waals surface area contributed by atoms with Crippen molar-refractivity contribution in [3.05, 3.63) is 113 Å². The lowest BCUT2D eigenvalue weighted by Crippen LogP contribution is -2.31. The van der Waals surface area contributed by atoms with E-state index in [9.17, 15) is 40.3 Å².